The first kappa shape index (κ1) is 10.7. The Morgan fingerprint density at radius 3 is 3.07 bits per heavy atom. The van der Waals surface area contributed by atoms with Gasteiger partial charge in [0.1, 0.15) is 6.54 Å². The van der Waals surface area contributed by atoms with E-state index in [1.54, 1.807) is 0 Å². The Balaban J connectivity index is 2.11. The Labute approximate surface area is 91.3 Å². The SMILES string of the molecule is C=C1C[N+]2(C)CCC(C(=O)OCC)C1C2. The molecule has 0 aromatic rings. The third-order valence-electron chi connectivity index (χ3n) is 3.80. The maximum absolute atomic E-state index is 11.8. The van der Waals surface area contributed by atoms with Crippen LogP contribution >= 0.6 is 0 Å². The highest BCUT2D eigenvalue weighted by Gasteiger charge is 2.49. The van der Waals surface area contributed by atoms with Gasteiger partial charge in [-0.3, -0.25) is 4.79 Å². The van der Waals surface area contributed by atoms with Gasteiger partial charge in [0.05, 0.1) is 32.7 Å². The minimum atomic E-state index is -0.0169. The monoisotopic (exact) mass is 210 g/mol. The number of fused-ring (bicyclic) bond motifs is 2. The van der Waals surface area contributed by atoms with E-state index in [0.29, 0.717) is 12.5 Å². The number of likely N-dealkylation sites (N-methyl/N-ethyl adjacent to an activating group) is 1. The molecule has 3 heteroatoms. The summed E-state index contributed by atoms with van der Waals surface area (Å²) in [6.45, 7) is 9.66. The second kappa shape index (κ2) is 3.63. The zero-order valence-electron chi connectivity index (χ0n) is 9.66. The maximum atomic E-state index is 11.8. The fourth-order valence-corrected chi connectivity index (χ4v) is 3.04. The van der Waals surface area contributed by atoms with Crippen molar-refractivity contribution in [1.29, 1.82) is 0 Å². The van der Waals surface area contributed by atoms with Crippen molar-refractivity contribution in [2.45, 2.75) is 13.3 Å². The predicted octanol–water partition coefficient (Wildman–Crippen LogP) is 1.20. The molecule has 0 radical (unpaired) electrons. The van der Waals surface area contributed by atoms with Gasteiger partial charge in [-0.1, -0.05) is 6.58 Å². The topological polar surface area (TPSA) is 26.3 Å². The summed E-state index contributed by atoms with van der Waals surface area (Å²) in [4.78, 5) is 11.8. The third kappa shape index (κ3) is 1.81. The molecule has 2 bridgehead atoms. The largest absolute Gasteiger partial charge is 0.466 e. The highest BCUT2D eigenvalue weighted by atomic mass is 16.5. The van der Waals surface area contributed by atoms with Crippen molar-refractivity contribution in [1.82, 2.24) is 0 Å². The van der Waals surface area contributed by atoms with Crippen LogP contribution in [0.25, 0.3) is 0 Å². The summed E-state index contributed by atoms with van der Waals surface area (Å²) in [5.41, 5.74) is 1.24. The Bertz CT molecular complexity index is 300. The van der Waals surface area contributed by atoms with Crippen LogP contribution in [0, 0.1) is 11.8 Å². The van der Waals surface area contributed by atoms with E-state index in [-0.39, 0.29) is 11.9 Å². The van der Waals surface area contributed by atoms with Gasteiger partial charge >= 0.3 is 5.97 Å². The van der Waals surface area contributed by atoms with E-state index in [0.717, 1.165) is 30.5 Å². The molecule has 2 aliphatic heterocycles. The van der Waals surface area contributed by atoms with Gasteiger partial charge in [0.25, 0.3) is 0 Å². The molecule has 0 N–H and O–H groups in total. The summed E-state index contributed by atoms with van der Waals surface area (Å²) < 4.78 is 6.20. The number of nitrogens with zero attached hydrogens (tertiary/aromatic N) is 1. The van der Waals surface area contributed by atoms with Crippen LogP contribution in [-0.4, -0.2) is 43.7 Å². The van der Waals surface area contributed by atoms with Crippen molar-refractivity contribution < 1.29 is 14.0 Å². The van der Waals surface area contributed by atoms with Crippen molar-refractivity contribution in [2.24, 2.45) is 11.8 Å². The Morgan fingerprint density at radius 2 is 2.40 bits per heavy atom. The molecule has 84 valence electrons. The molecule has 2 aliphatic rings. The van der Waals surface area contributed by atoms with Gasteiger partial charge < -0.3 is 9.22 Å². The maximum Gasteiger partial charge on any atom is 0.309 e. The normalized spacial score (nSPS) is 39.2. The summed E-state index contributed by atoms with van der Waals surface area (Å²) in [5, 5.41) is 0. The minimum Gasteiger partial charge on any atom is -0.466 e. The molecule has 15 heavy (non-hydrogen) atoms. The fraction of sp³-hybridized carbons (Fsp3) is 0.750. The van der Waals surface area contributed by atoms with Gasteiger partial charge in [-0.05, 0) is 12.5 Å². The zero-order valence-corrected chi connectivity index (χ0v) is 9.66. The van der Waals surface area contributed by atoms with E-state index in [1.807, 2.05) is 6.92 Å². The summed E-state index contributed by atoms with van der Waals surface area (Å²) in [6.07, 6.45) is 0.957. The Hall–Kier alpha value is -0.830. The van der Waals surface area contributed by atoms with E-state index in [4.69, 9.17) is 4.74 Å². The first-order valence-electron chi connectivity index (χ1n) is 5.73. The molecule has 0 aromatic heterocycles. The molecular weight excluding hydrogens is 190 g/mol. The number of esters is 1. The average Bonchev–Trinajstić information content (AvgIpc) is 2.38. The van der Waals surface area contributed by atoms with Crippen molar-refractivity contribution in [2.75, 3.05) is 33.3 Å². The van der Waals surface area contributed by atoms with Crippen LogP contribution in [0.2, 0.25) is 0 Å². The molecule has 2 saturated heterocycles. The first-order valence-corrected chi connectivity index (χ1v) is 5.73. The van der Waals surface area contributed by atoms with Crippen molar-refractivity contribution >= 4 is 5.97 Å². The lowest BCUT2D eigenvalue weighted by Crippen LogP contribution is -2.48. The quantitative estimate of drug-likeness (QED) is 0.389. The summed E-state index contributed by atoms with van der Waals surface area (Å²) in [5.74, 6) is 0.422. The van der Waals surface area contributed by atoms with Gasteiger partial charge in [0.15, 0.2) is 0 Å². The number of carbonyl (C=O) groups excluding carboxylic acids is 1. The van der Waals surface area contributed by atoms with Crippen LogP contribution in [-0.2, 0) is 9.53 Å². The number of quaternary nitrogens is 1. The van der Waals surface area contributed by atoms with Crippen LogP contribution in [0.5, 0.6) is 0 Å². The summed E-state index contributed by atoms with van der Waals surface area (Å²) >= 11 is 0. The third-order valence-corrected chi connectivity index (χ3v) is 3.80. The molecule has 2 heterocycles. The summed E-state index contributed by atoms with van der Waals surface area (Å²) in [6, 6.07) is 0. The van der Waals surface area contributed by atoms with E-state index in [2.05, 4.69) is 13.6 Å². The Kier molecular flexibility index (Phi) is 2.59. The van der Waals surface area contributed by atoms with Crippen molar-refractivity contribution in [3.05, 3.63) is 12.2 Å². The average molecular weight is 210 g/mol. The molecule has 0 amide bonds. The predicted molar refractivity (Wildman–Crippen MR) is 58.2 cm³/mol. The minimum absolute atomic E-state index is 0.0169. The number of hydrogen-bond donors (Lipinski definition) is 0. The van der Waals surface area contributed by atoms with Crippen LogP contribution < -0.4 is 0 Å². The molecule has 0 aliphatic carbocycles. The first-order chi connectivity index (χ1) is 7.06. The van der Waals surface area contributed by atoms with Crippen LogP contribution in [0.4, 0.5) is 0 Å². The van der Waals surface area contributed by atoms with Crippen LogP contribution in [0.1, 0.15) is 13.3 Å². The number of hydrogen-bond acceptors (Lipinski definition) is 2. The lowest BCUT2D eigenvalue weighted by molar-refractivity contribution is -0.901. The molecule has 3 atom stereocenters. The van der Waals surface area contributed by atoms with Gasteiger partial charge in [0, 0.05) is 12.3 Å². The lowest BCUT2D eigenvalue weighted by atomic mass is 9.84. The number of rotatable bonds is 2. The fourth-order valence-electron chi connectivity index (χ4n) is 3.04. The van der Waals surface area contributed by atoms with Gasteiger partial charge in [-0.15, -0.1) is 0 Å². The van der Waals surface area contributed by atoms with Gasteiger partial charge in [-0.2, -0.15) is 0 Å². The number of ether oxygens (including phenoxy) is 1. The lowest BCUT2D eigenvalue weighted by Gasteiger charge is -2.35. The molecule has 3 nitrogen and oxygen atoms in total. The Morgan fingerprint density at radius 1 is 1.67 bits per heavy atom. The molecule has 0 spiro atoms. The number of carbonyl (C=O) groups is 1. The summed E-state index contributed by atoms with van der Waals surface area (Å²) in [7, 11) is 2.26. The van der Waals surface area contributed by atoms with Crippen LogP contribution in [0.3, 0.4) is 0 Å². The molecule has 3 unspecified atom stereocenters. The highest BCUT2D eigenvalue weighted by molar-refractivity contribution is 5.73. The molecular formula is C12H20NO2+. The van der Waals surface area contributed by atoms with Gasteiger partial charge in [-0.25, -0.2) is 0 Å². The molecule has 0 aromatic carbocycles. The zero-order chi connectivity index (χ0) is 11.1. The second-order valence-electron chi connectivity index (χ2n) is 5.10. The van der Waals surface area contributed by atoms with Crippen molar-refractivity contribution in [3.63, 3.8) is 0 Å². The molecule has 2 rings (SSSR count). The standard InChI is InChI=1S/C12H20NO2/c1-4-15-12(14)10-5-6-13(3)7-9(2)11(10)8-13/h10-11H,2,4-8H2,1,3H3/q+1. The van der Waals surface area contributed by atoms with E-state index in [9.17, 15) is 4.79 Å². The van der Waals surface area contributed by atoms with E-state index in [1.165, 1.54) is 5.57 Å². The van der Waals surface area contributed by atoms with Crippen molar-refractivity contribution in [3.8, 4) is 0 Å². The molecule has 0 saturated carbocycles. The highest BCUT2D eigenvalue weighted by Crippen LogP contribution is 2.39. The van der Waals surface area contributed by atoms with E-state index >= 15 is 0 Å². The second-order valence-corrected chi connectivity index (χ2v) is 5.10. The number of piperidine rings is 1. The van der Waals surface area contributed by atoms with E-state index < -0.39 is 0 Å². The smallest absolute Gasteiger partial charge is 0.309 e. The molecule has 2 fully saturated rings. The van der Waals surface area contributed by atoms with Crippen LogP contribution in [0.15, 0.2) is 12.2 Å². The van der Waals surface area contributed by atoms with Gasteiger partial charge in [0.2, 0.25) is 0 Å².